The van der Waals surface area contributed by atoms with Crippen molar-refractivity contribution < 1.29 is 4.79 Å². The molecule has 1 amide bonds. The molecule has 1 aromatic carbocycles. The molecule has 0 radical (unpaired) electrons. The van der Waals surface area contributed by atoms with E-state index in [2.05, 4.69) is 24.4 Å². The summed E-state index contributed by atoms with van der Waals surface area (Å²) in [5, 5.41) is 5.10. The molecule has 0 unspecified atom stereocenters. The predicted octanol–water partition coefficient (Wildman–Crippen LogP) is 4.19. The van der Waals surface area contributed by atoms with Gasteiger partial charge in [0.15, 0.2) is 0 Å². The summed E-state index contributed by atoms with van der Waals surface area (Å²) in [6, 6.07) is 10.2. The fourth-order valence-electron chi connectivity index (χ4n) is 2.10. The number of para-hydroxylation sites is 1. The Bertz CT molecular complexity index is 546. The zero-order valence-corrected chi connectivity index (χ0v) is 12.2. The molecule has 0 aliphatic rings. The third-order valence-corrected chi connectivity index (χ3v) is 4.12. The zero-order valence-electron chi connectivity index (χ0n) is 11.4. The molecular weight excluding hydrogens is 254 g/mol. The van der Waals surface area contributed by atoms with Crippen LogP contribution in [0.5, 0.6) is 0 Å². The van der Waals surface area contributed by atoms with Gasteiger partial charge < -0.3 is 5.32 Å². The third-order valence-electron chi connectivity index (χ3n) is 3.18. The van der Waals surface area contributed by atoms with E-state index in [0.717, 1.165) is 24.1 Å². The molecule has 0 saturated carbocycles. The van der Waals surface area contributed by atoms with Crippen LogP contribution in [0.1, 0.15) is 29.3 Å². The van der Waals surface area contributed by atoms with E-state index in [9.17, 15) is 4.79 Å². The van der Waals surface area contributed by atoms with E-state index >= 15 is 0 Å². The lowest BCUT2D eigenvalue weighted by atomic mass is 10.1. The van der Waals surface area contributed by atoms with Crippen LogP contribution in [0.3, 0.4) is 0 Å². The van der Waals surface area contributed by atoms with E-state index in [-0.39, 0.29) is 5.91 Å². The van der Waals surface area contributed by atoms with Gasteiger partial charge in [-0.05, 0) is 42.3 Å². The molecule has 0 spiro atoms. The van der Waals surface area contributed by atoms with Gasteiger partial charge in [0.05, 0.1) is 0 Å². The average Bonchev–Trinajstić information content (AvgIpc) is 2.92. The smallest absolute Gasteiger partial charge is 0.224 e. The Morgan fingerprint density at radius 2 is 2.11 bits per heavy atom. The van der Waals surface area contributed by atoms with Crippen molar-refractivity contribution >= 4 is 22.9 Å². The Balaban J connectivity index is 1.99. The van der Waals surface area contributed by atoms with Crippen molar-refractivity contribution in [2.75, 3.05) is 5.32 Å². The molecule has 2 rings (SSSR count). The number of carbonyl (C=O) groups is 1. The zero-order chi connectivity index (χ0) is 13.7. The van der Waals surface area contributed by atoms with Crippen LogP contribution in [0.2, 0.25) is 0 Å². The van der Waals surface area contributed by atoms with Crippen molar-refractivity contribution in [3.63, 3.8) is 0 Å². The number of anilines is 1. The maximum Gasteiger partial charge on any atom is 0.224 e. The van der Waals surface area contributed by atoms with Crippen LogP contribution in [-0.4, -0.2) is 5.91 Å². The van der Waals surface area contributed by atoms with Gasteiger partial charge in [-0.3, -0.25) is 4.79 Å². The summed E-state index contributed by atoms with van der Waals surface area (Å²) in [6.07, 6.45) is 2.29. The Morgan fingerprint density at radius 1 is 1.26 bits per heavy atom. The lowest BCUT2D eigenvalue weighted by Gasteiger charge is -2.12. The van der Waals surface area contributed by atoms with Gasteiger partial charge in [-0.2, -0.15) is 0 Å². The molecule has 3 heteroatoms. The van der Waals surface area contributed by atoms with Crippen LogP contribution in [0.4, 0.5) is 5.69 Å². The molecule has 0 bridgehead atoms. The Labute approximate surface area is 118 Å². The molecule has 1 heterocycles. The molecule has 0 saturated heterocycles. The van der Waals surface area contributed by atoms with Crippen molar-refractivity contribution in [1.29, 1.82) is 0 Å². The largest absolute Gasteiger partial charge is 0.326 e. The molecule has 2 nitrogen and oxygen atoms in total. The highest BCUT2D eigenvalue weighted by atomic mass is 32.1. The SMILES string of the molecule is CCc1cccc(C)c1NC(=O)CCc1cccs1. The van der Waals surface area contributed by atoms with Gasteiger partial charge in [-0.25, -0.2) is 0 Å². The quantitative estimate of drug-likeness (QED) is 0.869. The topological polar surface area (TPSA) is 29.1 Å². The number of benzene rings is 1. The number of amides is 1. The predicted molar refractivity (Wildman–Crippen MR) is 81.8 cm³/mol. The highest BCUT2D eigenvalue weighted by Crippen LogP contribution is 2.21. The van der Waals surface area contributed by atoms with Crippen LogP contribution in [0, 0.1) is 6.92 Å². The Morgan fingerprint density at radius 3 is 2.79 bits per heavy atom. The van der Waals surface area contributed by atoms with E-state index in [4.69, 9.17) is 0 Å². The second-order valence-electron chi connectivity index (χ2n) is 4.59. The first kappa shape index (κ1) is 13.8. The van der Waals surface area contributed by atoms with E-state index in [1.165, 1.54) is 10.4 Å². The Hall–Kier alpha value is -1.61. The fourth-order valence-corrected chi connectivity index (χ4v) is 2.80. The monoisotopic (exact) mass is 273 g/mol. The average molecular weight is 273 g/mol. The van der Waals surface area contributed by atoms with E-state index in [0.29, 0.717) is 6.42 Å². The first-order valence-electron chi connectivity index (χ1n) is 6.61. The molecule has 0 fully saturated rings. The molecule has 19 heavy (non-hydrogen) atoms. The number of hydrogen-bond acceptors (Lipinski definition) is 2. The van der Waals surface area contributed by atoms with Crippen molar-refractivity contribution in [2.24, 2.45) is 0 Å². The van der Waals surface area contributed by atoms with Gasteiger partial charge in [-0.1, -0.05) is 31.2 Å². The second-order valence-corrected chi connectivity index (χ2v) is 5.62. The van der Waals surface area contributed by atoms with Crippen molar-refractivity contribution in [2.45, 2.75) is 33.1 Å². The highest BCUT2D eigenvalue weighted by Gasteiger charge is 2.08. The van der Waals surface area contributed by atoms with Crippen LogP contribution in [-0.2, 0) is 17.6 Å². The fraction of sp³-hybridized carbons (Fsp3) is 0.312. The summed E-state index contributed by atoms with van der Waals surface area (Å²) in [4.78, 5) is 13.3. The van der Waals surface area contributed by atoms with Crippen molar-refractivity contribution in [3.05, 3.63) is 51.7 Å². The van der Waals surface area contributed by atoms with Gasteiger partial charge in [0.1, 0.15) is 0 Å². The number of carbonyl (C=O) groups excluding carboxylic acids is 1. The van der Waals surface area contributed by atoms with Gasteiger partial charge in [0, 0.05) is 17.0 Å². The maximum atomic E-state index is 12.0. The second kappa shape index (κ2) is 6.53. The molecule has 1 aromatic heterocycles. The summed E-state index contributed by atoms with van der Waals surface area (Å²) < 4.78 is 0. The lowest BCUT2D eigenvalue weighted by molar-refractivity contribution is -0.116. The normalized spacial score (nSPS) is 10.4. The molecule has 2 aromatic rings. The number of aryl methyl sites for hydroxylation is 3. The highest BCUT2D eigenvalue weighted by molar-refractivity contribution is 7.09. The number of rotatable bonds is 5. The molecular formula is C16H19NOS. The molecule has 0 aliphatic carbocycles. The van der Waals surface area contributed by atoms with Gasteiger partial charge in [0.25, 0.3) is 0 Å². The lowest BCUT2D eigenvalue weighted by Crippen LogP contribution is -2.14. The first-order valence-corrected chi connectivity index (χ1v) is 7.49. The van der Waals surface area contributed by atoms with E-state index in [1.807, 2.05) is 30.5 Å². The number of hydrogen-bond donors (Lipinski definition) is 1. The van der Waals surface area contributed by atoms with Crippen LogP contribution in [0.15, 0.2) is 35.7 Å². The minimum absolute atomic E-state index is 0.0948. The summed E-state index contributed by atoms with van der Waals surface area (Å²) in [5.74, 6) is 0.0948. The molecule has 0 atom stereocenters. The molecule has 0 aliphatic heterocycles. The summed E-state index contributed by atoms with van der Waals surface area (Å²) in [6.45, 7) is 4.14. The summed E-state index contributed by atoms with van der Waals surface area (Å²) in [5.41, 5.74) is 3.31. The van der Waals surface area contributed by atoms with E-state index in [1.54, 1.807) is 11.3 Å². The molecule has 100 valence electrons. The summed E-state index contributed by atoms with van der Waals surface area (Å²) >= 11 is 1.70. The van der Waals surface area contributed by atoms with E-state index < -0.39 is 0 Å². The standard InChI is InChI=1S/C16H19NOS/c1-3-13-7-4-6-12(2)16(13)17-15(18)10-9-14-8-5-11-19-14/h4-8,11H,3,9-10H2,1-2H3,(H,17,18). The van der Waals surface area contributed by atoms with Crippen LogP contribution >= 0.6 is 11.3 Å². The van der Waals surface area contributed by atoms with Crippen LogP contribution < -0.4 is 5.32 Å². The minimum Gasteiger partial charge on any atom is -0.326 e. The summed E-state index contributed by atoms with van der Waals surface area (Å²) in [7, 11) is 0. The van der Waals surface area contributed by atoms with Gasteiger partial charge >= 0.3 is 0 Å². The van der Waals surface area contributed by atoms with Crippen LogP contribution in [0.25, 0.3) is 0 Å². The van der Waals surface area contributed by atoms with Gasteiger partial charge in [-0.15, -0.1) is 11.3 Å². The maximum absolute atomic E-state index is 12.0. The third kappa shape index (κ3) is 3.67. The minimum atomic E-state index is 0.0948. The number of nitrogens with one attached hydrogen (secondary N) is 1. The Kier molecular flexibility index (Phi) is 4.74. The van der Waals surface area contributed by atoms with Gasteiger partial charge in [0.2, 0.25) is 5.91 Å². The first-order chi connectivity index (χ1) is 9.20. The molecule has 1 N–H and O–H groups in total. The van der Waals surface area contributed by atoms with Crippen molar-refractivity contribution in [3.8, 4) is 0 Å². The van der Waals surface area contributed by atoms with Crippen molar-refractivity contribution in [1.82, 2.24) is 0 Å². The number of thiophene rings is 1.